The van der Waals surface area contributed by atoms with Crippen molar-refractivity contribution in [2.24, 2.45) is 5.92 Å². The Morgan fingerprint density at radius 2 is 2.29 bits per heavy atom. The highest BCUT2D eigenvalue weighted by molar-refractivity contribution is 7.20. The summed E-state index contributed by atoms with van der Waals surface area (Å²) in [5.74, 6) is 0.762. The molecule has 1 aromatic heterocycles. The lowest BCUT2D eigenvalue weighted by Gasteiger charge is -2.16. The molecule has 4 heteroatoms. The van der Waals surface area contributed by atoms with E-state index in [0.29, 0.717) is 6.04 Å². The molecule has 0 bridgehead atoms. The fraction of sp³-hybridized carbons (Fsp3) is 0.600. The van der Waals surface area contributed by atoms with E-state index < -0.39 is 0 Å². The second kappa shape index (κ2) is 4.40. The molecule has 1 atom stereocenters. The monoisotopic (exact) mass is 249 g/mol. The molecule has 0 aliphatic heterocycles. The molecule has 0 amide bonds. The van der Waals surface area contributed by atoms with Gasteiger partial charge in [0.2, 0.25) is 0 Å². The maximum atomic E-state index is 6.14. The van der Waals surface area contributed by atoms with Crippen LogP contribution in [-0.4, -0.2) is 6.54 Å². The minimum Gasteiger partial charge on any atom is -0.310 e. The van der Waals surface area contributed by atoms with Gasteiger partial charge in [0.1, 0.15) is 0 Å². The molecule has 1 nitrogen and oxygen atoms in total. The predicted octanol–water partition coefficient (Wildman–Crippen LogP) is 4.12. The van der Waals surface area contributed by atoms with Gasteiger partial charge in [0.05, 0.1) is 8.67 Å². The molecule has 1 heterocycles. The molecule has 1 aliphatic carbocycles. The topological polar surface area (TPSA) is 12.0 Å². The third-order valence-electron chi connectivity index (χ3n) is 2.54. The zero-order chi connectivity index (χ0) is 10.1. The highest BCUT2D eigenvalue weighted by Gasteiger charge is 2.33. The average molecular weight is 250 g/mol. The van der Waals surface area contributed by atoms with Gasteiger partial charge in [0, 0.05) is 11.6 Å². The summed E-state index contributed by atoms with van der Waals surface area (Å²) < 4.78 is 1.63. The molecule has 1 unspecified atom stereocenters. The largest absolute Gasteiger partial charge is 0.310 e. The average Bonchev–Trinajstić information content (AvgIpc) is 2.89. The first kappa shape index (κ1) is 10.7. The SMILES string of the molecule is CCNC(c1cc(Cl)sc1Cl)C1CC1. The number of hydrogen-bond donors (Lipinski definition) is 1. The van der Waals surface area contributed by atoms with E-state index in [1.54, 1.807) is 0 Å². The normalized spacial score (nSPS) is 18.5. The first-order valence-corrected chi connectivity index (χ1v) is 6.47. The van der Waals surface area contributed by atoms with Crippen molar-refractivity contribution in [3.05, 3.63) is 20.3 Å². The molecular formula is C10H13Cl2NS. The second-order valence-electron chi connectivity index (χ2n) is 3.65. The summed E-state index contributed by atoms with van der Waals surface area (Å²) in [6, 6.07) is 2.41. The highest BCUT2D eigenvalue weighted by Crippen LogP contribution is 2.45. The Bertz CT molecular complexity index is 320. The molecule has 0 saturated heterocycles. The molecule has 2 rings (SSSR count). The van der Waals surface area contributed by atoms with Gasteiger partial charge in [-0.05, 0) is 31.4 Å². The van der Waals surface area contributed by atoms with E-state index in [1.165, 1.54) is 29.7 Å². The fourth-order valence-corrected chi connectivity index (χ4v) is 3.29. The van der Waals surface area contributed by atoms with Crippen LogP contribution in [0.25, 0.3) is 0 Å². The summed E-state index contributed by atoms with van der Waals surface area (Å²) in [5.41, 5.74) is 1.19. The summed E-state index contributed by atoms with van der Waals surface area (Å²) in [4.78, 5) is 0. The Balaban J connectivity index is 2.20. The van der Waals surface area contributed by atoms with E-state index in [1.807, 2.05) is 6.07 Å². The number of halogens is 2. The Hall–Kier alpha value is 0.240. The lowest BCUT2D eigenvalue weighted by atomic mass is 10.1. The highest BCUT2D eigenvalue weighted by atomic mass is 35.5. The van der Waals surface area contributed by atoms with Gasteiger partial charge in [-0.1, -0.05) is 30.1 Å². The fourth-order valence-electron chi connectivity index (χ4n) is 1.75. The van der Waals surface area contributed by atoms with Crippen LogP contribution in [0.1, 0.15) is 31.4 Å². The van der Waals surface area contributed by atoms with Gasteiger partial charge in [-0.25, -0.2) is 0 Å². The molecule has 14 heavy (non-hydrogen) atoms. The number of thiophene rings is 1. The van der Waals surface area contributed by atoms with Crippen molar-refractivity contribution in [2.75, 3.05) is 6.54 Å². The van der Waals surface area contributed by atoms with Crippen LogP contribution in [0.15, 0.2) is 6.07 Å². The van der Waals surface area contributed by atoms with Gasteiger partial charge in [0.15, 0.2) is 0 Å². The molecule has 1 aliphatic rings. The predicted molar refractivity (Wildman–Crippen MR) is 63.5 cm³/mol. The quantitative estimate of drug-likeness (QED) is 0.847. The van der Waals surface area contributed by atoms with E-state index in [0.717, 1.165) is 21.1 Å². The summed E-state index contributed by atoms with van der Waals surface area (Å²) in [6.45, 7) is 3.10. The molecule has 0 spiro atoms. The number of nitrogens with one attached hydrogen (secondary N) is 1. The van der Waals surface area contributed by atoms with Crippen LogP contribution in [0.4, 0.5) is 0 Å². The van der Waals surface area contributed by atoms with E-state index in [4.69, 9.17) is 23.2 Å². The third kappa shape index (κ3) is 2.25. The summed E-state index contributed by atoms with van der Waals surface area (Å²) >= 11 is 13.5. The van der Waals surface area contributed by atoms with Crippen LogP contribution in [0, 0.1) is 5.92 Å². The molecule has 1 N–H and O–H groups in total. The summed E-state index contributed by atoms with van der Waals surface area (Å²) in [6.07, 6.45) is 2.61. The van der Waals surface area contributed by atoms with Crippen LogP contribution >= 0.6 is 34.5 Å². The molecule has 0 radical (unpaired) electrons. The minimum absolute atomic E-state index is 0.413. The lowest BCUT2D eigenvalue weighted by molar-refractivity contribution is 0.497. The van der Waals surface area contributed by atoms with Gasteiger partial charge < -0.3 is 5.32 Å². The van der Waals surface area contributed by atoms with Crippen molar-refractivity contribution in [3.63, 3.8) is 0 Å². The van der Waals surface area contributed by atoms with Gasteiger partial charge in [0.25, 0.3) is 0 Å². The van der Waals surface area contributed by atoms with Crippen molar-refractivity contribution >= 4 is 34.5 Å². The Labute approximate surface area is 98.4 Å². The Morgan fingerprint density at radius 3 is 2.71 bits per heavy atom. The van der Waals surface area contributed by atoms with Gasteiger partial charge in [-0.3, -0.25) is 0 Å². The lowest BCUT2D eigenvalue weighted by Crippen LogP contribution is -2.22. The third-order valence-corrected chi connectivity index (χ3v) is 4.05. The van der Waals surface area contributed by atoms with E-state index in [-0.39, 0.29) is 0 Å². The van der Waals surface area contributed by atoms with Crippen LogP contribution in [-0.2, 0) is 0 Å². The maximum absolute atomic E-state index is 6.14. The summed E-state index contributed by atoms with van der Waals surface area (Å²) in [7, 11) is 0. The molecule has 1 saturated carbocycles. The smallest absolute Gasteiger partial charge is 0.0992 e. The molecule has 1 fully saturated rings. The van der Waals surface area contributed by atoms with Crippen LogP contribution in [0.3, 0.4) is 0 Å². The van der Waals surface area contributed by atoms with Gasteiger partial charge >= 0.3 is 0 Å². The van der Waals surface area contributed by atoms with Crippen LogP contribution in [0.5, 0.6) is 0 Å². The van der Waals surface area contributed by atoms with Crippen molar-refractivity contribution < 1.29 is 0 Å². The van der Waals surface area contributed by atoms with Crippen molar-refractivity contribution in [1.29, 1.82) is 0 Å². The zero-order valence-corrected chi connectivity index (χ0v) is 10.3. The van der Waals surface area contributed by atoms with E-state index in [2.05, 4.69) is 12.2 Å². The van der Waals surface area contributed by atoms with Crippen molar-refractivity contribution in [2.45, 2.75) is 25.8 Å². The van der Waals surface area contributed by atoms with Crippen LogP contribution < -0.4 is 5.32 Å². The molecule has 0 aromatic carbocycles. The number of rotatable bonds is 4. The Morgan fingerprint density at radius 1 is 1.57 bits per heavy atom. The minimum atomic E-state index is 0.413. The van der Waals surface area contributed by atoms with Gasteiger partial charge in [-0.15, -0.1) is 11.3 Å². The second-order valence-corrected chi connectivity index (χ2v) is 5.94. The Kier molecular flexibility index (Phi) is 3.38. The van der Waals surface area contributed by atoms with E-state index >= 15 is 0 Å². The standard InChI is InChI=1S/C10H13Cl2NS/c1-2-13-9(6-3-4-6)7-5-8(11)14-10(7)12/h5-6,9,13H,2-4H2,1H3. The number of hydrogen-bond acceptors (Lipinski definition) is 2. The first-order chi connectivity index (χ1) is 6.72. The molecule has 1 aromatic rings. The van der Waals surface area contributed by atoms with Crippen molar-refractivity contribution in [3.8, 4) is 0 Å². The van der Waals surface area contributed by atoms with Crippen molar-refractivity contribution in [1.82, 2.24) is 5.32 Å². The zero-order valence-electron chi connectivity index (χ0n) is 8.02. The molecule has 78 valence electrons. The summed E-state index contributed by atoms with van der Waals surface area (Å²) in [5, 5.41) is 3.48. The van der Waals surface area contributed by atoms with E-state index in [9.17, 15) is 0 Å². The van der Waals surface area contributed by atoms with Gasteiger partial charge in [-0.2, -0.15) is 0 Å². The maximum Gasteiger partial charge on any atom is 0.0992 e. The van der Waals surface area contributed by atoms with Crippen LogP contribution in [0.2, 0.25) is 8.67 Å². The molecular weight excluding hydrogens is 237 g/mol. The first-order valence-electron chi connectivity index (χ1n) is 4.90.